The van der Waals surface area contributed by atoms with Gasteiger partial charge in [0.25, 0.3) is 0 Å². The molecule has 1 N–H and O–H groups in total. The first-order valence-electron chi connectivity index (χ1n) is 7.86. The van der Waals surface area contributed by atoms with Crippen LogP contribution in [0.5, 0.6) is 0 Å². The standard InChI is InChI=1S/C19H17FN4O/c20-17-4-1-15(2-5-17)3-6-19(25)22-18-10-14-24(23-18)13-9-16-7-11-21-12-8-16/h1-8,10-12,14H,9,13H2,(H,22,23,25)/b6-3-. The van der Waals surface area contributed by atoms with Gasteiger partial charge in [0.2, 0.25) is 5.91 Å². The average Bonchev–Trinajstić information content (AvgIpc) is 3.08. The lowest BCUT2D eigenvalue weighted by molar-refractivity contribution is -0.111. The highest BCUT2D eigenvalue weighted by Gasteiger charge is 2.02. The van der Waals surface area contributed by atoms with Crippen LogP contribution in [0.1, 0.15) is 11.1 Å². The second kappa shape index (κ2) is 8.01. The van der Waals surface area contributed by atoms with Gasteiger partial charge in [-0.05, 0) is 47.9 Å². The molecule has 1 aromatic carbocycles. The molecule has 0 atom stereocenters. The third-order valence-corrected chi connectivity index (χ3v) is 3.57. The molecular weight excluding hydrogens is 319 g/mol. The van der Waals surface area contributed by atoms with Gasteiger partial charge in [0.15, 0.2) is 5.82 Å². The van der Waals surface area contributed by atoms with Crippen molar-refractivity contribution in [3.8, 4) is 0 Å². The Morgan fingerprint density at radius 3 is 2.64 bits per heavy atom. The van der Waals surface area contributed by atoms with E-state index < -0.39 is 0 Å². The highest BCUT2D eigenvalue weighted by molar-refractivity contribution is 6.01. The van der Waals surface area contributed by atoms with Crippen molar-refractivity contribution < 1.29 is 9.18 Å². The Kier molecular flexibility index (Phi) is 5.31. The fourth-order valence-corrected chi connectivity index (χ4v) is 2.26. The molecule has 0 saturated carbocycles. The molecule has 0 fully saturated rings. The van der Waals surface area contributed by atoms with E-state index in [1.165, 1.54) is 23.8 Å². The van der Waals surface area contributed by atoms with Crippen LogP contribution >= 0.6 is 0 Å². The van der Waals surface area contributed by atoms with E-state index in [2.05, 4.69) is 15.4 Å². The first-order valence-corrected chi connectivity index (χ1v) is 7.86. The Labute approximate surface area is 144 Å². The van der Waals surface area contributed by atoms with Gasteiger partial charge in [-0.25, -0.2) is 4.39 Å². The third kappa shape index (κ3) is 5.10. The van der Waals surface area contributed by atoms with Crippen molar-refractivity contribution in [2.24, 2.45) is 0 Å². The minimum Gasteiger partial charge on any atom is -0.306 e. The van der Waals surface area contributed by atoms with E-state index in [1.54, 1.807) is 41.4 Å². The van der Waals surface area contributed by atoms with Crippen molar-refractivity contribution >= 4 is 17.8 Å². The number of nitrogens with one attached hydrogen (secondary N) is 1. The van der Waals surface area contributed by atoms with Crippen LogP contribution < -0.4 is 5.32 Å². The lowest BCUT2D eigenvalue weighted by atomic mass is 10.2. The molecule has 0 saturated heterocycles. The maximum atomic E-state index is 12.8. The van der Waals surface area contributed by atoms with Gasteiger partial charge in [-0.2, -0.15) is 5.10 Å². The molecule has 25 heavy (non-hydrogen) atoms. The van der Waals surface area contributed by atoms with Crippen LogP contribution in [0, 0.1) is 5.82 Å². The molecular formula is C19H17FN4O. The number of carbonyl (C=O) groups excluding carboxylic acids is 1. The number of hydrogen-bond donors (Lipinski definition) is 1. The monoisotopic (exact) mass is 336 g/mol. The van der Waals surface area contributed by atoms with Gasteiger partial charge >= 0.3 is 0 Å². The van der Waals surface area contributed by atoms with Crippen LogP contribution in [-0.2, 0) is 17.8 Å². The summed E-state index contributed by atoms with van der Waals surface area (Å²) in [5, 5.41) is 7.02. The van der Waals surface area contributed by atoms with E-state index in [0.29, 0.717) is 12.4 Å². The molecule has 6 heteroatoms. The predicted molar refractivity (Wildman–Crippen MR) is 94.2 cm³/mol. The summed E-state index contributed by atoms with van der Waals surface area (Å²) < 4.78 is 14.6. The normalized spacial score (nSPS) is 10.9. The molecule has 0 aliphatic rings. The Morgan fingerprint density at radius 1 is 1.12 bits per heavy atom. The Bertz CT molecular complexity index is 857. The van der Waals surface area contributed by atoms with E-state index in [0.717, 1.165) is 12.0 Å². The van der Waals surface area contributed by atoms with E-state index in [9.17, 15) is 9.18 Å². The smallest absolute Gasteiger partial charge is 0.249 e. The summed E-state index contributed by atoms with van der Waals surface area (Å²) in [6.45, 7) is 0.714. The largest absolute Gasteiger partial charge is 0.306 e. The minimum absolute atomic E-state index is 0.288. The molecule has 5 nitrogen and oxygen atoms in total. The Morgan fingerprint density at radius 2 is 1.88 bits per heavy atom. The second-order valence-corrected chi connectivity index (χ2v) is 5.44. The van der Waals surface area contributed by atoms with Crippen molar-refractivity contribution in [1.29, 1.82) is 0 Å². The predicted octanol–water partition coefficient (Wildman–Crippen LogP) is 3.31. The molecule has 3 aromatic rings. The molecule has 0 aliphatic carbocycles. The van der Waals surface area contributed by atoms with Crippen LogP contribution in [0.15, 0.2) is 67.1 Å². The lowest BCUT2D eigenvalue weighted by Gasteiger charge is -2.02. The van der Waals surface area contributed by atoms with E-state index >= 15 is 0 Å². The van der Waals surface area contributed by atoms with Gasteiger partial charge in [-0.1, -0.05) is 12.1 Å². The van der Waals surface area contributed by atoms with E-state index in [-0.39, 0.29) is 11.7 Å². The van der Waals surface area contributed by atoms with Crippen molar-refractivity contribution in [3.05, 3.63) is 84.1 Å². The number of rotatable bonds is 6. The van der Waals surface area contributed by atoms with E-state index in [4.69, 9.17) is 0 Å². The number of pyridine rings is 1. The molecule has 0 spiro atoms. The molecule has 0 bridgehead atoms. The van der Waals surface area contributed by atoms with Crippen molar-refractivity contribution in [1.82, 2.24) is 14.8 Å². The van der Waals surface area contributed by atoms with Crippen LogP contribution in [0.3, 0.4) is 0 Å². The first kappa shape index (κ1) is 16.6. The molecule has 1 amide bonds. The summed E-state index contributed by atoms with van der Waals surface area (Å²) in [7, 11) is 0. The van der Waals surface area contributed by atoms with Gasteiger partial charge in [0.05, 0.1) is 0 Å². The summed E-state index contributed by atoms with van der Waals surface area (Å²) in [4.78, 5) is 15.9. The van der Waals surface area contributed by atoms with Gasteiger partial charge in [0, 0.05) is 37.3 Å². The number of nitrogens with zero attached hydrogens (tertiary/aromatic N) is 3. The molecule has 0 unspecified atom stereocenters. The summed E-state index contributed by atoms with van der Waals surface area (Å²) in [5.41, 5.74) is 1.93. The zero-order valence-corrected chi connectivity index (χ0v) is 13.5. The molecule has 0 aliphatic heterocycles. The number of carbonyl (C=O) groups is 1. The number of amides is 1. The number of anilines is 1. The van der Waals surface area contributed by atoms with Crippen LogP contribution in [0.25, 0.3) is 6.08 Å². The fourth-order valence-electron chi connectivity index (χ4n) is 2.26. The second-order valence-electron chi connectivity index (χ2n) is 5.44. The molecule has 3 rings (SSSR count). The topological polar surface area (TPSA) is 59.8 Å². The van der Waals surface area contributed by atoms with Crippen LogP contribution in [0.4, 0.5) is 10.2 Å². The zero-order chi connectivity index (χ0) is 17.5. The Balaban J connectivity index is 1.52. The van der Waals surface area contributed by atoms with Gasteiger partial charge in [-0.15, -0.1) is 0 Å². The van der Waals surface area contributed by atoms with Crippen molar-refractivity contribution in [3.63, 3.8) is 0 Å². The highest BCUT2D eigenvalue weighted by atomic mass is 19.1. The quantitative estimate of drug-likeness (QED) is 0.703. The summed E-state index contributed by atoms with van der Waals surface area (Å²) in [6.07, 6.45) is 9.19. The number of aromatic nitrogens is 3. The summed E-state index contributed by atoms with van der Waals surface area (Å²) in [6, 6.07) is 11.6. The number of hydrogen-bond acceptors (Lipinski definition) is 3. The van der Waals surface area contributed by atoms with Crippen LogP contribution in [0.2, 0.25) is 0 Å². The average molecular weight is 336 g/mol. The first-order chi connectivity index (χ1) is 12.2. The number of benzene rings is 1. The number of aryl methyl sites for hydroxylation is 2. The summed E-state index contributed by atoms with van der Waals surface area (Å²) >= 11 is 0. The van der Waals surface area contributed by atoms with Crippen LogP contribution in [-0.4, -0.2) is 20.7 Å². The highest BCUT2D eigenvalue weighted by Crippen LogP contribution is 2.07. The molecule has 126 valence electrons. The Hall–Kier alpha value is -3.28. The van der Waals surface area contributed by atoms with Crippen molar-refractivity contribution in [2.75, 3.05) is 5.32 Å². The fraction of sp³-hybridized carbons (Fsp3) is 0.105. The van der Waals surface area contributed by atoms with Gasteiger partial charge in [-0.3, -0.25) is 14.5 Å². The lowest BCUT2D eigenvalue weighted by Crippen LogP contribution is -2.09. The molecule has 2 aromatic heterocycles. The number of halogens is 1. The van der Waals surface area contributed by atoms with Gasteiger partial charge in [0.1, 0.15) is 5.82 Å². The third-order valence-electron chi connectivity index (χ3n) is 3.57. The molecule has 2 heterocycles. The summed E-state index contributed by atoms with van der Waals surface area (Å²) in [5.74, 6) is -0.105. The SMILES string of the molecule is O=C(/C=C\c1ccc(F)cc1)Nc1ccn(CCc2ccncc2)n1. The zero-order valence-electron chi connectivity index (χ0n) is 13.5. The minimum atomic E-state index is -0.307. The van der Waals surface area contributed by atoms with E-state index in [1.807, 2.05) is 18.3 Å². The maximum absolute atomic E-state index is 12.8. The molecule has 0 radical (unpaired) electrons. The van der Waals surface area contributed by atoms with Gasteiger partial charge < -0.3 is 5.32 Å². The maximum Gasteiger partial charge on any atom is 0.249 e. The van der Waals surface area contributed by atoms with Crippen molar-refractivity contribution in [2.45, 2.75) is 13.0 Å².